The molecule has 0 aliphatic heterocycles. The molecule has 0 aliphatic carbocycles. The minimum atomic E-state index is -0.668. The van der Waals surface area contributed by atoms with E-state index < -0.39 is 11.7 Å². The molecular weight excluding hydrogens is 264 g/mol. The minimum absolute atomic E-state index is 0.430. The molecule has 114 valence electrons. The molecule has 0 spiro atoms. The summed E-state index contributed by atoms with van der Waals surface area (Å²) >= 11 is 5.49. The van der Waals surface area contributed by atoms with Crippen molar-refractivity contribution < 1.29 is 14.3 Å². The quantitative estimate of drug-likeness (QED) is 0.265. The number of hydrogen-bond donors (Lipinski definition) is 0. The second kappa shape index (κ2) is 14.0. The molecule has 1 atom stereocenters. The normalized spacial score (nSPS) is 12.2. The lowest BCUT2D eigenvalue weighted by Gasteiger charge is -2.07. The van der Waals surface area contributed by atoms with E-state index in [2.05, 4.69) is 11.7 Å². The molecular formula is C15H29ClO3. The highest BCUT2D eigenvalue weighted by Gasteiger charge is 2.06. The van der Waals surface area contributed by atoms with Gasteiger partial charge in [0.2, 0.25) is 0 Å². The monoisotopic (exact) mass is 292 g/mol. The number of hydrogen-bond acceptors (Lipinski definition) is 3. The van der Waals surface area contributed by atoms with Crippen molar-refractivity contribution in [2.24, 2.45) is 0 Å². The second-order valence-corrected chi connectivity index (χ2v) is 5.56. The standard InChI is InChI=1S/C15H29ClO3/c1-3-4-5-6-7-8-9-10-11-12-13-18-15(17)19-14(2)16/h14H,3-13H2,1-2H3. The second-order valence-electron chi connectivity index (χ2n) is 4.94. The number of carbonyl (C=O) groups excluding carboxylic acids is 1. The molecule has 0 fully saturated rings. The summed E-state index contributed by atoms with van der Waals surface area (Å²) in [6.07, 6.45) is 12.0. The first kappa shape index (κ1) is 18.6. The molecule has 0 heterocycles. The highest BCUT2D eigenvalue weighted by atomic mass is 35.5. The van der Waals surface area contributed by atoms with Crippen LogP contribution in [0.3, 0.4) is 0 Å². The molecule has 3 nitrogen and oxygen atoms in total. The maximum atomic E-state index is 11.0. The fourth-order valence-corrected chi connectivity index (χ4v) is 1.98. The van der Waals surface area contributed by atoms with Crippen LogP contribution in [0.25, 0.3) is 0 Å². The Morgan fingerprint density at radius 3 is 1.89 bits per heavy atom. The van der Waals surface area contributed by atoms with Crippen molar-refractivity contribution in [3.05, 3.63) is 0 Å². The maximum Gasteiger partial charge on any atom is 0.509 e. The Bertz CT molecular complexity index is 208. The molecule has 0 saturated heterocycles. The molecule has 0 aromatic carbocycles. The molecule has 0 saturated carbocycles. The summed E-state index contributed by atoms with van der Waals surface area (Å²) in [7, 11) is 0. The topological polar surface area (TPSA) is 35.5 Å². The lowest BCUT2D eigenvalue weighted by Crippen LogP contribution is -2.12. The van der Waals surface area contributed by atoms with Crippen LogP contribution < -0.4 is 0 Å². The van der Waals surface area contributed by atoms with Crippen molar-refractivity contribution in [2.45, 2.75) is 83.6 Å². The first-order chi connectivity index (χ1) is 9.16. The zero-order chi connectivity index (χ0) is 14.3. The van der Waals surface area contributed by atoms with Crippen molar-refractivity contribution in [1.82, 2.24) is 0 Å². The Balaban J connectivity index is 3.08. The van der Waals surface area contributed by atoms with Gasteiger partial charge in [0.05, 0.1) is 6.61 Å². The number of alkyl halides is 1. The molecule has 0 aromatic rings. The molecule has 0 N–H and O–H groups in total. The van der Waals surface area contributed by atoms with Gasteiger partial charge in [0.15, 0.2) is 5.56 Å². The zero-order valence-electron chi connectivity index (χ0n) is 12.5. The van der Waals surface area contributed by atoms with Gasteiger partial charge < -0.3 is 9.47 Å². The zero-order valence-corrected chi connectivity index (χ0v) is 13.2. The predicted molar refractivity (Wildman–Crippen MR) is 79.6 cm³/mol. The van der Waals surface area contributed by atoms with Crippen LogP contribution in [0, 0.1) is 0 Å². The van der Waals surface area contributed by atoms with E-state index >= 15 is 0 Å². The van der Waals surface area contributed by atoms with Gasteiger partial charge >= 0.3 is 6.16 Å². The lowest BCUT2D eigenvalue weighted by molar-refractivity contribution is 0.0486. The van der Waals surface area contributed by atoms with Gasteiger partial charge in [-0.3, -0.25) is 0 Å². The van der Waals surface area contributed by atoms with Crippen molar-refractivity contribution >= 4 is 17.8 Å². The molecule has 0 amide bonds. The van der Waals surface area contributed by atoms with Crippen LogP contribution >= 0.6 is 11.6 Å². The number of halogens is 1. The molecule has 1 unspecified atom stereocenters. The third-order valence-electron chi connectivity index (χ3n) is 2.98. The molecule has 4 heteroatoms. The van der Waals surface area contributed by atoms with Crippen LogP contribution in [0.1, 0.15) is 78.1 Å². The largest absolute Gasteiger partial charge is 0.509 e. The van der Waals surface area contributed by atoms with Gasteiger partial charge in [-0.1, -0.05) is 76.3 Å². The number of unbranched alkanes of at least 4 members (excludes halogenated alkanes) is 9. The Morgan fingerprint density at radius 1 is 0.947 bits per heavy atom. The van der Waals surface area contributed by atoms with Crippen LogP contribution in [0.15, 0.2) is 0 Å². The molecule has 0 bridgehead atoms. The predicted octanol–water partition coefficient (Wildman–Crippen LogP) is 5.65. The lowest BCUT2D eigenvalue weighted by atomic mass is 10.1. The van der Waals surface area contributed by atoms with Gasteiger partial charge in [-0.25, -0.2) is 4.79 Å². The summed E-state index contributed by atoms with van der Waals surface area (Å²) in [4.78, 5) is 11.0. The Morgan fingerprint density at radius 2 is 1.42 bits per heavy atom. The van der Waals surface area contributed by atoms with E-state index in [1.165, 1.54) is 51.4 Å². The Kier molecular flexibility index (Phi) is 13.7. The van der Waals surface area contributed by atoms with Crippen LogP contribution in [-0.2, 0) is 9.47 Å². The summed E-state index contributed by atoms with van der Waals surface area (Å²) in [6, 6.07) is 0. The van der Waals surface area contributed by atoms with E-state index in [0.717, 1.165) is 12.8 Å². The fraction of sp³-hybridized carbons (Fsp3) is 0.933. The number of carbonyl (C=O) groups is 1. The van der Waals surface area contributed by atoms with E-state index in [-0.39, 0.29) is 0 Å². The van der Waals surface area contributed by atoms with Crippen molar-refractivity contribution in [2.75, 3.05) is 6.61 Å². The third kappa shape index (κ3) is 15.5. The van der Waals surface area contributed by atoms with Gasteiger partial charge in [-0.15, -0.1) is 0 Å². The van der Waals surface area contributed by atoms with E-state index in [1.54, 1.807) is 6.92 Å². The average molecular weight is 293 g/mol. The molecule has 0 rings (SSSR count). The first-order valence-electron chi connectivity index (χ1n) is 7.64. The summed E-state index contributed by atoms with van der Waals surface area (Å²) in [5.74, 6) is 0. The highest BCUT2D eigenvalue weighted by Crippen LogP contribution is 2.10. The minimum Gasteiger partial charge on any atom is -0.434 e. The highest BCUT2D eigenvalue weighted by molar-refractivity contribution is 6.19. The van der Waals surface area contributed by atoms with Crippen LogP contribution in [0.2, 0.25) is 0 Å². The third-order valence-corrected chi connectivity index (χ3v) is 3.07. The van der Waals surface area contributed by atoms with Crippen LogP contribution in [-0.4, -0.2) is 18.3 Å². The smallest absolute Gasteiger partial charge is 0.434 e. The number of ether oxygens (including phenoxy) is 2. The average Bonchev–Trinajstić information content (AvgIpc) is 2.35. The van der Waals surface area contributed by atoms with Crippen molar-refractivity contribution in [1.29, 1.82) is 0 Å². The number of rotatable bonds is 12. The van der Waals surface area contributed by atoms with E-state index in [1.807, 2.05) is 0 Å². The molecule has 0 aromatic heterocycles. The fourth-order valence-electron chi connectivity index (χ4n) is 1.91. The van der Waals surface area contributed by atoms with Crippen LogP contribution in [0.5, 0.6) is 0 Å². The van der Waals surface area contributed by atoms with Gasteiger partial charge in [0, 0.05) is 0 Å². The summed E-state index contributed by atoms with van der Waals surface area (Å²) in [5.41, 5.74) is -0.625. The van der Waals surface area contributed by atoms with Gasteiger partial charge in [-0.2, -0.15) is 0 Å². The van der Waals surface area contributed by atoms with Gasteiger partial charge in [-0.05, 0) is 13.3 Å². The van der Waals surface area contributed by atoms with Gasteiger partial charge in [0.1, 0.15) is 0 Å². The van der Waals surface area contributed by atoms with Gasteiger partial charge in [0.25, 0.3) is 0 Å². The Labute approximate surface area is 123 Å². The first-order valence-corrected chi connectivity index (χ1v) is 8.08. The van der Waals surface area contributed by atoms with Crippen molar-refractivity contribution in [3.8, 4) is 0 Å². The molecule has 19 heavy (non-hydrogen) atoms. The van der Waals surface area contributed by atoms with E-state index in [4.69, 9.17) is 16.3 Å². The summed E-state index contributed by atoms with van der Waals surface area (Å²) < 4.78 is 9.53. The van der Waals surface area contributed by atoms with E-state index in [0.29, 0.717) is 6.61 Å². The van der Waals surface area contributed by atoms with Crippen LogP contribution in [0.4, 0.5) is 4.79 Å². The van der Waals surface area contributed by atoms with E-state index in [9.17, 15) is 4.79 Å². The Hall–Kier alpha value is -0.440. The van der Waals surface area contributed by atoms with Crippen molar-refractivity contribution in [3.63, 3.8) is 0 Å². The summed E-state index contributed by atoms with van der Waals surface area (Å²) in [6.45, 7) is 4.26. The SMILES string of the molecule is CCCCCCCCCCCCOC(=O)OC(C)Cl. The maximum absolute atomic E-state index is 11.0. The summed E-state index contributed by atoms with van der Waals surface area (Å²) in [5, 5.41) is 0. The molecule has 0 aliphatic rings. The molecule has 0 radical (unpaired) electrons.